The molecule has 0 amide bonds. The van der Waals surface area contributed by atoms with Crippen molar-refractivity contribution in [2.75, 3.05) is 23.3 Å². The van der Waals surface area contributed by atoms with E-state index in [9.17, 15) is 8.42 Å². The second kappa shape index (κ2) is 7.30. The first-order valence-corrected chi connectivity index (χ1v) is 9.01. The summed E-state index contributed by atoms with van der Waals surface area (Å²) in [5.74, 6) is 0.961. The van der Waals surface area contributed by atoms with Crippen molar-refractivity contribution in [2.45, 2.75) is 0 Å². The van der Waals surface area contributed by atoms with Crippen molar-refractivity contribution in [3.63, 3.8) is 0 Å². The van der Waals surface area contributed by atoms with Crippen molar-refractivity contribution in [3.05, 3.63) is 48.5 Å². The first-order valence-electron chi connectivity index (χ1n) is 6.71. The van der Waals surface area contributed by atoms with E-state index in [0.717, 1.165) is 6.26 Å². The Morgan fingerprint density at radius 3 is 2.43 bits per heavy atom. The molecule has 2 rings (SSSR count). The molecule has 0 aliphatic carbocycles. The zero-order chi connectivity index (χ0) is 16.9. The van der Waals surface area contributed by atoms with Crippen LogP contribution < -0.4 is 20.1 Å². The monoisotopic (exact) mass is 351 g/mol. The average Bonchev–Trinajstić information content (AvgIpc) is 2.49. The van der Waals surface area contributed by atoms with E-state index in [2.05, 4.69) is 15.4 Å². The van der Waals surface area contributed by atoms with E-state index in [1.165, 1.54) is 0 Å². The predicted octanol–water partition coefficient (Wildman–Crippen LogP) is 2.77. The van der Waals surface area contributed by atoms with Crippen LogP contribution in [0.1, 0.15) is 0 Å². The predicted molar refractivity (Wildman–Crippen MR) is 96.7 cm³/mol. The number of hydrogen-bond donors (Lipinski definition) is 3. The second-order valence-corrected chi connectivity index (χ2v) is 6.86. The Kier molecular flexibility index (Phi) is 5.41. The molecule has 8 heteroatoms. The summed E-state index contributed by atoms with van der Waals surface area (Å²) in [5, 5.41) is 6.22. The Morgan fingerprint density at radius 1 is 1.13 bits per heavy atom. The molecule has 2 aromatic rings. The molecule has 0 saturated heterocycles. The van der Waals surface area contributed by atoms with E-state index in [1.807, 2.05) is 18.2 Å². The Hall–Kier alpha value is -2.32. The molecule has 0 radical (unpaired) electrons. The Morgan fingerprint density at radius 2 is 1.83 bits per heavy atom. The molecule has 0 atom stereocenters. The molecule has 0 aliphatic rings. The van der Waals surface area contributed by atoms with E-state index >= 15 is 0 Å². The number of anilines is 2. The van der Waals surface area contributed by atoms with Crippen LogP contribution in [-0.2, 0) is 10.0 Å². The van der Waals surface area contributed by atoms with Gasteiger partial charge in [-0.25, -0.2) is 8.42 Å². The number of thiocarbonyl (C=S) groups is 1. The summed E-state index contributed by atoms with van der Waals surface area (Å²) < 4.78 is 31.2. The molecule has 23 heavy (non-hydrogen) atoms. The molecule has 0 fully saturated rings. The van der Waals surface area contributed by atoms with Crippen molar-refractivity contribution in [1.82, 2.24) is 5.32 Å². The number of sulfonamides is 1. The maximum absolute atomic E-state index is 11.5. The van der Waals surface area contributed by atoms with Crippen LogP contribution >= 0.6 is 12.2 Å². The maximum Gasteiger partial charge on any atom is 0.229 e. The molecule has 0 spiro atoms. The molecular formula is C15H17N3O3S2. The lowest BCUT2D eigenvalue weighted by molar-refractivity contribution is 0.485. The van der Waals surface area contributed by atoms with Gasteiger partial charge < -0.3 is 15.4 Å². The number of benzene rings is 2. The molecule has 3 N–H and O–H groups in total. The molecule has 6 nitrogen and oxygen atoms in total. The van der Waals surface area contributed by atoms with E-state index in [0.29, 0.717) is 28.0 Å². The fourth-order valence-electron chi connectivity index (χ4n) is 1.78. The zero-order valence-corrected chi connectivity index (χ0v) is 14.3. The van der Waals surface area contributed by atoms with Gasteiger partial charge in [-0.2, -0.15) is 0 Å². The van der Waals surface area contributed by atoms with Crippen LogP contribution in [0.4, 0.5) is 11.4 Å². The average molecular weight is 351 g/mol. The van der Waals surface area contributed by atoms with Crippen molar-refractivity contribution >= 4 is 38.7 Å². The summed E-state index contributed by atoms with van der Waals surface area (Å²) in [6.45, 7) is 0. The van der Waals surface area contributed by atoms with Gasteiger partial charge in [0.1, 0.15) is 5.75 Å². The fraction of sp³-hybridized carbons (Fsp3) is 0.133. The number of hydrogen-bond acceptors (Lipinski definition) is 4. The number of rotatable bonds is 5. The highest BCUT2D eigenvalue weighted by Crippen LogP contribution is 2.32. The van der Waals surface area contributed by atoms with Gasteiger partial charge in [-0.3, -0.25) is 4.72 Å². The molecule has 0 aromatic heterocycles. The Labute approximate surface area is 140 Å². The Balaban J connectivity index is 2.36. The third-order valence-corrected chi connectivity index (χ3v) is 3.63. The van der Waals surface area contributed by atoms with Gasteiger partial charge in [0.25, 0.3) is 0 Å². The molecule has 0 unspecified atom stereocenters. The van der Waals surface area contributed by atoms with Crippen LogP contribution in [-0.4, -0.2) is 26.8 Å². The molecule has 0 heterocycles. The summed E-state index contributed by atoms with van der Waals surface area (Å²) in [6, 6.07) is 14.1. The van der Waals surface area contributed by atoms with Crippen molar-refractivity contribution in [1.29, 1.82) is 0 Å². The van der Waals surface area contributed by atoms with Crippen LogP contribution in [0.25, 0.3) is 0 Å². The standard InChI is InChI=1S/C15H17N3O3S2/c1-16-15(22)17-11-8-9-13(18-23(2,19)20)14(10-11)21-12-6-4-3-5-7-12/h3-10,18H,1-2H3,(H2,16,17,22). The van der Waals surface area contributed by atoms with Gasteiger partial charge in [-0.15, -0.1) is 0 Å². The van der Waals surface area contributed by atoms with E-state index in [1.54, 1.807) is 37.4 Å². The van der Waals surface area contributed by atoms with Gasteiger partial charge in [0, 0.05) is 18.8 Å². The van der Waals surface area contributed by atoms with Crippen LogP contribution in [0, 0.1) is 0 Å². The van der Waals surface area contributed by atoms with E-state index in [4.69, 9.17) is 17.0 Å². The number of nitrogens with one attached hydrogen (secondary N) is 3. The van der Waals surface area contributed by atoms with Crippen molar-refractivity contribution < 1.29 is 13.2 Å². The summed E-state index contributed by atoms with van der Waals surface area (Å²) in [7, 11) is -1.72. The summed E-state index contributed by atoms with van der Waals surface area (Å²) in [4.78, 5) is 0. The SMILES string of the molecule is CNC(=S)Nc1ccc(NS(C)(=O)=O)c(Oc2ccccc2)c1. The van der Waals surface area contributed by atoms with Gasteiger partial charge in [0.05, 0.1) is 11.9 Å². The molecule has 0 aliphatic heterocycles. The van der Waals surface area contributed by atoms with Crippen molar-refractivity contribution in [2.24, 2.45) is 0 Å². The highest BCUT2D eigenvalue weighted by molar-refractivity contribution is 7.92. The first-order chi connectivity index (χ1) is 10.9. The molecular weight excluding hydrogens is 334 g/mol. The fourth-order valence-corrected chi connectivity index (χ4v) is 2.46. The van der Waals surface area contributed by atoms with Gasteiger partial charge >= 0.3 is 0 Å². The highest BCUT2D eigenvalue weighted by Gasteiger charge is 2.11. The largest absolute Gasteiger partial charge is 0.455 e. The summed E-state index contributed by atoms with van der Waals surface area (Å²) in [5.41, 5.74) is 1.02. The van der Waals surface area contributed by atoms with Gasteiger partial charge in [0.15, 0.2) is 10.9 Å². The summed E-state index contributed by atoms with van der Waals surface area (Å²) >= 11 is 5.06. The quantitative estimate of drug-likeness (QED) is 0.719. The number of ether oxygens (including phenoxy) is 1. The normalized spacial score (nSPS) is 10.7. The van der Waals surface area contributed by atoms with E-state index < -0.39 is 10.0 Å². The minimum atomic E-state index is -3.42. The topological polar surface area (TPSA) is 79.5 Å². The molecule has 0 saturated carbocycles. The Bertz CT molecular complexity index is 793. The molecule has 2 aromatic carbocycles. The smallest absolute Gasteiger partial charge is 0.229 e. The maximum atomic E-state index is 11.5. The zero-order valence-electron chi connectivity index (χ0n) is 12.7. The van der Waals surface area contributed by atoms with Gasteiger partial charge in [-0.1, -0.05) is 18.2 Å². The van der Waals surface area contributed by atoms with Crippen LogP contribution in [0.3, 0.4) is 0 Å². The number of para-hydroxylation sites is 1. The lowest BCUT2D eigenvalue weighted by atomic mass is 10.2. The minimum absolute atomic E-state index is 0.345. The second-order valence-electron chi connectivity index (χ2n) is 4.70. The lowest BCUT2D eigenvalue weighted by Crippen LogP contribution is -2.24. The van der Waals surface area contributed by atoms with Crippen LogP contribution in [0.5, 0.6) is 11.5 Å². The highest BCUT2D eigenvalue weighted by atomic mass is 32.2. The molecule has 122 valence electrons. The van der Waals surface area contributed by atoms with Crippen LogP contribution in [0.15, 0.2) is 48.5 Å². The first kappa shape index (κ1) is 17.0. The minimum Gasteiger partial charge on any atom is -0.455 e. The van der Waals surface area contributed by atoms with Crippen LogP contribution in [0.2, 0.25) is 0 Å². The third kappa shape index (κ3) is 5.42. The lowest BCUT2D eigenvalue weighted by Gasteiger charge is -2.15. The third-order valence-electron chi connectivity index (χ3n) is 2.73. The van der Waals surface area contributed by atoms with Crippen molar-refractivity contribution in [3.8, 4) is 11.5 Å². The molecule has 0 bridgehead atoms. The summed E-state index contributed by atoms with van der Waals surface area (Å²) in [6.07, 6.45) is 1.08. The van der Waals surface area contributed by atoms with Gasteiger partial charge in [-0.05, 0) is 36.5 Å². The van der Waals surface area contributed by atoms with Gasteiger partial charge in [0.2, 0.25) is 10.0 Å². The van der Waals surface area contributed by atoms with E-state index in [-0.39, 0.29) is 0 Å².